The number of aromatic nitrogens is 2. The molecule has 1 saturated heterocycles. The fourth-order valence-electron chi connectivity index (χ4n) is 2.50. The van der Waals surface area contributed by atoms with Crippen LogP contribution in [0.25, 0.3) is 22.4 Å². The summed E-state index contributed by atoms with van der Waals surface area (Å²) in [6, 6.07) is 9.59. The van der Waals surface area contributed by atoms with Gasteiger partial charge in [-0.2, -0.15) is 0 Å². The van der Waals surface area contributed by atoms with Crippen LogP contribution in [0.3, 0.4) is 0 Å². The summed E-state index contributed by atoms with van der Waals surface area (Å²) in [4.78, 5) is 11.4. The van der Waals surface area contributed by atoms with Gasteiger partial charge in [0.15, 0.2) is 6.26 Å². The second-order valence-corrected chi connectivity index (χ2v) is 4.95. The number of anilines is 1. The van der Waals surface area contributed by atoms with Crippen LogP contribution in [0.4, 0.5) is 5.82 Å². The van der Waals surface area contributed by atoms with Gasteiger partial charge >= 0.3 is 0 Å². The van der Waals surface area contributed by atoms with Gasteiger partial charge in [0.1, 0.15) is 11.6 Å². The molecule has 2 aromatic heterocycles. The van der Waals surface area contributed by atoms with Gasteiger partial charge in [0.25, 0.3) is 0 Å². The first-order chi connectivity index (χ1) is 10.4. The number of fused-ring (bicyclic) bond motifs is 1. The highest BCUT2D eigenvalue weighted by atomic mass is 16.5. The number of nitrogens with zero attached hydrogens (tertiary/aromatic N) is 3. The number of benzene rings is 1. The van der Waals surface area contributed by atoms with Crippen molar-refractivity contribution in [2.45, 2.75) is 0 Å². The molecule has 1 fully saturated rings. The molecule has 0 atom stereocenters. The Kier molecular flexibility index (Phi) is 3.05. The Morgan fingerprint density at radius 3 is 2.81 bits per heavy atom. The van der Waals surface area contributed by atoms with Crippen molar-refractivity contribution in [3.8, 4) is 11.3 Å². The van der Waals surface area contributed by atoms with E-state index in [1.54, 1.807) is 6.07 Å². The molecular weight excluding hydrogens is 266 g/mol. The first kappa shape index (κ1) is 12.3. The first-order valence-electron chi connectivity index (χ1n) is 6.96. The van der Waals surface area contributed by atoms with Crippen LogP contribution >= 0.6 is 0 Å². The third-order valence-corrected chi connectivity index (χ3v) is 3.62. The van der Waals surface area contributed by atoms with E-state index in [0.717, 1.165) is 54.5 Å². The third kappa shape index (κ3) is 2.36. The standard InChI is InChI=1S/C16H14N3O2/c1-2-15(21-7-1)12-3-4-13-14(10-12)18-16(11-17-13)19-5-8-20-9-6-19/h1-4,10-11H,5-6,8-9H2. The van der Waals surface area contributed by atoms with Crippen LogP contribution in [0.15, 0.2) is 40.9 Å². The molecule has 1 aromatic carbocycles. The molecule has 3 heterocycles. The van der Waals surface area contributed by atoms with E-state index in [1.165, 1.54) is 0 Å². The number of hydrogen-bond donors (Lipinski definition) is 0. The van der Waals surface area contributed by atoms with Crippen molar-refractivity contribution in [1.29, 1.82) is 0 Å². The molecule has 5 nitrogen and oxygen atoms in total. The Morgan fingerprint density at radius 2 is 2.00 bits per heavy atom. The summed E-state index contributed by atoms with van der Waals surface area (Å²) < 4.78 is 10.7. The molecule has 105 valence electrons. The van der Waals surface area contributed by atoms with Crippen molar-refractivity contribution in [3.05, 3.63) is 42.8 Å². The molecule has 1 aliphatic rings. The highest BCUT2D eigenvalue weighted by Crippen LogP contribution is 2.24. The lowest BCUT2D eigenvalue weighted by atomic mass is 10.1. The number of furan rings is 1. The van der Waals surface area contributed by atoms with Gasteiger partial charge in [0.2, 0.25) is 0 Å². The molecule has 0 aliphatic carbocycles. The van der Waals surface area contributed by atoms with Crippen LogP contribution in [0.2, 0.25) is 0 Å². The van der Waals surface area contributed by atoms with E-state index >= 15 is 0 Å². The predicted octanol–water partition coefficient (Wildman–Crippen LogP) is 2.53. The van der Waals surface area contributed by atoms with Crippen LogP contribution in [-0.4, -0.2) is 36.3 Å². The van der Waals surface area contributed by atoms with E-state index in [9.17, 15) is 0 Å². The van der Waals surface area contributed by atoms with Gasteiger partial charge in [-0.05, 0) is 30.3 Å². The highest BCUT2D eigenvalue weighted by Gasteiger charge is 2.13. The molecule has 0 unspecified atom stereocenters. The van der Waals surface area contributed by atoms with Crippen LogP contribution in [0.5, 0.6) is 0 Å². The van der Waals surface area contributed by atoms with Crippen molar-refractivity contribution < 1.29 is 9.15 Å². The quantitative estimate of drug-likeness (QED) is 0.722. The minimum absolute atomic E-state index is 0.738. The maximum Gasteiger partial charge on any atom is 0.170 e. The Morgan fingerprint density at radius 1 is 1.10 bits per heavy atom. The van der Waals surface area contributed by atoms with Gasteiger partial charge in [-0.15, -0.1) is 0 Å². The van der Waals surface area contributed by atoms with Crippen molar-refractivity contribution in [1.82, 2.24) is 9.97 Å². The molecule has 0 bridgehead atoms. The summed E-state index contributed by atoms with van der Waals surface area (Å²) >= 11 is 0. The summed E-state index contributed by atoms with van der Waals surface area (Å²) in [5.41, 5.74) is 2.73. The zero-order chi connectivity index (χ0) is 14.1. The number of rotatable bonds is 2. The first-order valence-corrected chi connectivity index (χ1v) is 6.96. The Bertz CT molecular complexity index is 749. The maximum absolute atomic E-state index is 5.37. The molecule has 4 rings (SSSR count). The van der Waals surface area contributed by atoms with Gasteiger partial charge in [0, 0.05) is 18.7 Å². The maximum atomic E-state index is 5.37. The molecule has 0 saturated carbocycles. The lowest BCUT2D eigenvalue weighted by Crippen LogP contribution is -2.36. The summed E-state index contributed by atoms with van der Waals surface area (Å²) in [5.74, 6) is 1.68. The molecule has 3 aromatic rings. The van der Waals surface area contributed by atoms with E-state index in [2.05, 4.69) is 16.1 Å². The molecule has 1 radical (unpaired) electrons. The fourth-order valence-corrected chi connectivity index (χ4v) is 2.50. The Balaban J connectivity index is 1.74. The molecule has 5 heteroatoms. The average molecular weight is 280 g/mol. The van der Waals surface area contributed by atoms with E-state index in [1.807, 2.05) is 30.5 Å². The van der Waals surface area contributed by atoms with Gasteiger partial charge in [-0.3, -0.25) is 4.98 Å². The monoisotopic (exact) mass is 280 g/mol. The summed E-state index contributed by atoms with van der Waals surface area (Å²) in [6.07, 6.45) is 4.53. The zero-order valence-corrected chi connectivity index (χ0v) is 11.5. The normalized spacial score (nSPS) is 15.5. The van der Waals surface area contributed by atoms with Crippen LogP contribution < -0.4 is 4.90 Å². The lowest BCUT2D eigenvalue weighted by Gasteiger charge is -2.27. The summed E-state index contributed by atoms with van der Waals surface area (Å²) in [6.45, 7) is 3.18. The van der Waals surface area contributed by atoms with E-state index in [0.29, 0.717) is 0 Å². The minimum atomic E-state index is 0.738. The van der Waals surface area contributed by atoms with E-state index < -0.39 is 0 Å². The molecular formula is C16H14N3O2. The summed E-state index contributed by atoms with van der Waals surface area (Å²) in [7, 11) is 0. The average Bonchev–Trinajstić information content (AvgIpc) is 3.09. The number of morpholine rings is 1. The molecule has 0 spiro atoms. The van der Waals surface area contributed by atoms with Crippen molar-refractivity contribution in [2.75, 3.05) is 31.2 Å². The number of ether oxygens (including phenoxy) is 1. The fraction of sp³-hybridized carbons (Fsp3) is 0.250. The zero-order valence-electron chi connectivity index (χ0n) is 11.5. The van der Waals surface area contributed by atoms with E-state index in [-0.39, 0.29) is 0 Å². The smallest absolute Gasteiger partial charge is 0.170 e. The Hall–Kier alpha value is -2.40. The van der Waals surface area contributed by atoms with E-state index in [4.69, 9.17) is 14.1 Å². The van der Waals surface area contributed by atoms with Crippen molar-refractivity contribution in [2.24, 2.45) is 0 Å². The molecule has 0 amide bonds. The molecule has 1 aliphatic heterocycles. The van der Waals surface area contributed by atoms with Crippen LogP contribution in [0, 0.1) is 6.26 Å². The predicted molar refractivity (Wildman–Crippen MR) is 79.1 cm³/mol. The number of hydrogen-bond acceptors (Lipinski definition) is 5. The lowest BCUT2D eigenvalue weighted by molar-refractivity contribution is 0.122. The van der Waals surface area contributed by atoms with Gasteiger partial charge < -0.3 is 14.1 Å². The highest BCUT2D eigenvalue weighted by molar-refractivity contribution is 5.81. The Labute approximate surface area is 122 Å². The largest absolute Gasteiger partial charge is 0.453 e. The van der Waals surface area contributed by atoms with Gasteiger partial charge in [-0.25, -0.2) is 4.98 Å². The molecule has 21 heavy (non-hydrogen) atoms. The molecule has 0 N–H and O–H groups in total. The third-order valence-electron chi connectivity index (χ3n) is 3.62. The van der Waals surface area contributed by atoms with Crippen LogP contribution in [-0.2, 0) is 4.74 Å². The topological polar surface area (TPSA) is 51.4 Å². The van der Waals surface area contributed by atoms with Gasteiger partial charge in [0.05, 0.1) is 30.4 Å². The SMILES string of the molecule is [c]1ccc(-c2ccc3ncc(N4CCOCC4)nc3c2)o1. The second-order valence-electron chi connectivity index (χ2n) is 4.95. The van der Waals surface area contributed by atoms with Gasteiger partial charge in [-0.1, -0.05) is 0 Å². The minimum Gasteiger partial charge on any atom is -0.453 e. The van der Waals surface area contributed by atoms with Crippen molar-refractivity contribution >= 4 is 16.9 Å². The summed E-state index contributed by atoms with van der Waals surface area (Å²) in [5, 5.41) is 0. The van der Waals surface area contributed by atoms with Crippen LogP contribution in [0.1, 0.15) is 0 Å². The second kappa shape index (κ2) is 5.18. The van der Waals surface area contributed by atoms with Crippen molar-refractivity contribution in [3.63, 3.8) is 0 Å².